The zero-order valence-corrected chi connectivity index (χ0v) is 9.34. The number of hydrogen-bond acceptors (Lipinski definition) is 3. The van der Waals surface area contributed by atoms with Gasteiger partial charge in [0.15, 0.2) is 0 Å². The Hall–Kier alpha value is -0.190. The van der Waals surface area contributed by atoms with E-state index in [1.165, 1.54) is 4.70 Å². The summed E-state index contributed by atoms with van der Waals surface area (Å²) < 4.78 is 3.24. The Bertz CT molecular complexity index is 397. The van der Waals surface area contributed by atoms with Crippen LogP contribution in [0.3, 0.4) is 0 Å². The van der Waals surface area contributed by atoms with Crippen LogP contribution in [0.5, 0.6) is 0 Å². The van der Waals surface area contributed by atoms with Gasteiger partial charge in [-0.05, 0) is 34.1 Å². The van der Waals surface area contributed by atoms with Crippen LogP contribution in [0, 0.1) is 0 Å². The second-order valence-corrected chi connectivity index (χ2v) is 5.15. The molecule has 0 atom stereocenters. The van der Waals surface area contributed by atoms with Crippen molar-refractivity contribution >= 4 is 55.7 Å². The Labute approximate surface area is 88.1 Å². The molecule has 1 aromatic carbocycles. The van der Waals surface area contributed by atoms with Crippen LogP contribution in [0.1, 0.15) is 0 Å². The van der Waals surface area contributed by atoms with Gasteiger partial charge in [-0.15, -0.1) is 24.0 Å². The number of thiol groups is 1. The zero-order valence-electron chi connectivity index (χ0n) is 6.04. The molecule has 2 rings (SSSR count). The lowest BCUT2D eigenvalue weighted by molar-refractivity contribution is 1.73. The Morgan fingerprint density at radius 3 is 2.83 bits per heavy atom. The molecule has 1 heterocycles. The van der Waals surface area contributed by atoms with Gasteiger partial charge in [0.25, 0.3) is 0 Å². The minimum absolute atomic E-state index is 0.810. The fourth-order valence-corrected chi connectivity index (χ4v) is 2.93. The summed E-state index contributed by atoms with van der Waals surface area (Å²) in [5.74, 6) is 0. The van der Waals surface area contributed by atoms with Crippen LogP contribution in [-0.2, 0) is 0 Å². The van der Waals surface area contributed by atoms with Crippen molar-refractivity contribution in [2.75, 3.05) is 5.73 Å². The number of hydrogen-bond donors (Lipinski definition) is 2. The number of nitrogens with two attached hydrogens (primary N) is 1. The van der Waals surface area contributed by atoms with Crippen LogP contribution in [0.25, 0.3) is 10.1 Å². The van der Waals surface area contributed by atoms with Gasteiger partial charge in [0, 0.05) is 15.5 Å². The number of fused-ring (bicyclic) bond motifs is 1. The third-order valence-electron chi connectivity index (χ3n) is 1.66. The van der Waals surface area contributed by atoms with Gasteiger partial charge in [-0.25, -0.2) is 0 Å². The summed E-state index contributed by atoms with van der Waals surface area (Å²) >= 11 is 9.38. The highest BCUT2D eigenvalue weighted by Crippen LogP contribution is 2.36. The maximum atomic E-state index is 5.79. The van der Waals surface area contributed by atoms with Gasteiger partial charge in [0.05, 0.1) is 8.91 Å². The second kappa shape index (κ2) is 2.94. The van der Waals surface area contributed by atoms with Crippen LogP contribution in [0.15, 0.2) is 26.9 Å². The molecule has 0 fully saturated rings. The standard InChI is InChI=1S/C8H6BrNS2/c9-5-1-2-6(10)4-3-7(11)12-8(4)5/h1-3,11H,10H2. The lowest BCUT2D eigenvalue weighted by Gasteiger charge is -1.96. The van der Waals surface area contributed by atoms with Gasteiger partial charge in [-0.2, -0.15) is 0 Å². The molecule has 0 amide bonds. The lowest BCUT2D eigenvalue weighted by atomic mass is 10.2. The third-order valence-corrected chi connectivity index (χ3v) is 3.95. The van der Waals surface area contributed by atoms with E-state index in [4.69, 9.17) is 5.73 Å². The molecule has 0 saturated carbocycles. The van der Waals surface area contributed by atoms with Crippen molar-refractivity contribution in [1.29, 1.82) is 0 Å². The summed E-state index contributed by atoms with van der Waals surface area (Å²) in [6.07, 6.45) is 0. The molecule has 1 nitrogen and oxygen atoms in total. The Morgan fingerprint density at radius 2 is 2.17 bits per heavy atom. The van der Waals surface area contributed by atoms with Crippen molar-refractivity contribution in [3.63, 3.8) is 0 Å². The second-order valence-electron chi connectivity index (χ2n) is 2.46. The summed E-state index contributed by atoms with van der Waals surface area (Å²) in [4.78, 5) is 0. The number of benzene rings is 1. The predicted molar refractivity (Wildman–Crippen MR) is 61.2 cm³/mol. The summed E-state index contributed by atoms with van der Waals surface area (Å²) in [5, 5.41) is 1.08. The fourth-order valence-electron chi connectivity index (χ4n) is 1.10. The smallest absolute Gasteiger partial charge is 0.0581 e. The first kappa shape index (κ1) is 8.41. The van der Waals surface area contributed by atoms with E-state index >= 15 is 0 Å². The molecular weight excluding hydrogens is 254 g/mol. The Balaban J connectivity index is 2.93. The van der Waals surface area contributed by atoms with E-state index in [0.717, 1.165) is 19.8 Å². The summed E-state index contributed by atoms with van der Waals surface area (Å²) in [6, 6.07) is 5.84. The summed E-state index contributed by atoms with van der Waals surface area (Å²) in [7, 11) is 0. The zero-order chi connectivity index (χ0) is 8.72. The minimum atomic E-state index is 0.810. The first-order chi connectivity index (χ1) is 5.68. The number of rotatable bonds is 0. The van der Waals surface area contributed by atoms with Gasteiger partial charge >= 0.3 is 0 Å². The van der Waals surface area contributed by atoms with Crippen LogP contribution < -0.4 is 5.73 Å². The highest BCUT2D eigenvalue weighted by Gasteiger charge is 2.05. The van der Waals surface area contributed by atoms with Crippen molar-refractivity contribution < 1.29 is 0 Å². The molecule has 0 radical (unpaired) electrons. The molecule has 0 spiro atoms. The van der Waals surface area contributed by atoms with E-state index in [9.17, 15) is 0 Å². The first-order valence-corrected chi connectivity index (χ1v) is 5.40. The molecule has 0 aliphatic rings. The van der Waals surface area contributed by atoms with Crippen molar-refractivity contribution in [2.45, 2.75) is 4.21 Å². The molecule has 1 aromatic heterocycles. The van der Waals surface area contributed by atoms with Crippen molar-refractivity contribution in [2.24, 2.45) is 0 Å². The molecule has 0 saturated heterocycles. The number of halogens is 1. The van der Waals surface area contributed by atoms with Gasteiger partial charge in [0.2, 0.25) is 0 Å². The number of anilines is 1. The maximum Gasteiger partial charge on any atom is 0.0581 e. The minimum Gasteiger partial charge on any atom is -0.398 e. The lowest BCUT2D eigenvalue weighted by Crippen LogP contribution is -1.83. The highest BCUT2D eigenvalue weighted by molar-refractivity contribution is 9.10. The third kappa shape index (κ3) is 1.24. The predicted octanol–water partition coefficient (Wildman–Crippen LogP) is 3.53. The van der Waals surface area contributed by atoms with E-state index in [-0.39, 0.29) is 0 Å². The molecule has 12 heavy (non-hydrogen) atoms. The molecule has 4 heteroatoms. The van der Waals surface area contributed by atoms with Gasteiger partial charge in [0.1, 0.15) is 0 Å². The van der Waals surface area contributed by atoms with E-state index in [2.05, 4.69) is 28.6 Å². The molecule has 0 unspecified atom stereocenters. The summed E-state index contributed by atoms with van der Waals surface area (Å²) in [5.41, 5.74) is 6.60. The molecule has 2 N–H and O–H groups in total. The molecule has 0 bridgehead atoms. The van der Waals surface area contributed by atoms with Gasteiger partial charge < -0.3 is 5.73 Å². The largest absolute Gasteiger partial charge is 0.398 e. The monoisotopic (exact) mass is 259 g/mol. The van der Waals surface area contributed by atoms with Crippen molar-refractivity contribution in [1.82, 2.24) is 0 Å². The van der Waals surface area contributed by atoms with Crippen molar-refractivity contribution in [3.05, 3.63) is 22.7 Å². The average molecular weight is 260 g/mol. The quantitative estimate of drug-likeness (QED) is 0.550. The molecular formula is C8H6BrNS2. The summed E-state index contributed by atoms with van der Waals surface area (Å²) in [6.45, 7) is 0. The van der Waals surface area contributed by atoms with Crippen LogP contribution in [-0.4, -0.2) is 0 Å². The topological polar surface area (TPSA) is 26.0 Å². The van der Waals surface area contributed by atoms with E-state index in [1.807, 2.05) is 18.2 Å². The number of thiophene rings is 1. The van der Waals surface area contributed by atoms with Crippen LogP contribution in [0.2, 0.25) is 0 Å². The Kier molecular flexibility index (Phi) is 2.06. The first-order valence-electron chi connectivity index (χ1n) is 3.35. The average Bonchev–Trinajstić information content (AvgIpc) is 2.41. The Morgan fingerprint density at radius 1 is 1.42 bits per heavy atom. The maximum absolute atomic E-state index is 5.79. The van der Waals surface area contributed by atoms with Crippen molar-refractivity contribution in [3.8, 4) is 0 Å². The van der Waals surface area contributed by atoms with Crippen LogP contribution in [0.4, 0.5) is 5.69 Å². The highest BCUT2D eigenvalue weighted by atomic mass is 79.9. The van der Waals surface area contributed by atoms with Gasteiger partial charge in [-0.3, -0.25) is 0 Å². The molecule has 2 aromatic rings. The molecule has 0 aliphatic heterocycles. The molecule has 0 aliphatic carbocycles. The van der Waals surface area contributed by atoms with Crippen LogP contribution >= 0.6 is 39.9 Å². The normalized spacial score (nSPS) is 10.8. The fraction of sp³-hybridized carbons (Fsp3) is 0. The molecule has 62 valence electrons. The number of nitrogen functional groups attached to an aromatic ring is 1. The van der Waals surface area contributed by atoms with E-state index in [0.29, 0.717) is 0 Å². The van der Waals surface area contributed by atoms with E-state index in [1.54, 1.807) is 11.3 Å². The SMILES string of the molecule is Nc1ccc(Br)c2sc(S)cc12. The van der Waals surface area contributed by atoms with Gasteiger partial charge in [-0.1, -0.05) is 0 Å². The van der Waals surface area contributed by atoms with E-state index < -0.39 is 0 Å².